The first-order valence-electron chi connectivity index (χ1n) is 3.34. The molecule has 1 aromatic heterocycles. The number of pyridine rings is 1. The Bertz CT molecular complexity index is 417. The van der Waals surface area contributed by atoms with E-state index < -0.39 is 9.84 Å². The standard InChI is InChI=1S/C6H10N4O2S/c1-13(11,12)5-3(7)2-4(8)10-6(5)9/h2H,1H3,(H6,7,8,9,10). The summed E-state index contributed by atoms with van der Waals surface area (Å²) < 4.78 is 22.3. The van der Waals surface area contributed by atoms with Gasteiger partial charge in [-0.25, -0.2) is 13.4 Å². The second kappa shape index (κ2) is 2.77. The van der Waals surface area contributed by atoms with Gasteiger partial charge in [0.05, 0.1) is 5.69 Å². The molecule has 0 radical (unpaired) electrons. The number of rotatable bonds is 1. The number of aromatic nitrogens is 1. The quantitative estimate of drug-likeness (QED) is 0.549. The Kier molecular flexibility index (Phi) is 2.04. The Labute approximate surface area is 75.7 Å². The number of hydrogen-bond acceptors (Lipinski definition) is 6. The van der Waals surface area contributed by atoms with Crippen molar-refractivity contribution in [2.24, 2.45) is 0 Å². The van der Waals surface area contributed by atoms with Crippen LogP contribution in [0.3, 0.4) is 0 Å². The highest BCUT2D eigenvalue weighted by Gasteiger charge is 2.17. The molecule has 7 heteroatoms. The second-order valence-corrected chi connectivity index (χ2v) is 4.58. The van der Waals surface area contributed by atoms with E-state index in [0.29, 0.717) is 0 Å². The highest BCUT2D eigenvalue weighted by molar-refractivity contribution is 7.91. The molecule has 6 nitrogen and oxygen atoms in total. The first-order chi connectivity index (χ1) is 5.82. The molecule has 0 saturated heterocycles. The average Bonchev–Trinajstić information content (AvgIpc) is 1.78. The van der Waals surface area contributed by atoms with Crippen LogP contribution in [0.15, 0.2) is 11.0 Å². The summed E-state index contributed by atoms with van der Waals surface area (Å²) in [6, 6.07) is 1.26. The molecule has 6 N–H and O–H groups in total. The van der Waals surface area contributed by atoms with Crippen molar-refractivity contribution in [3.05, 3.63) is 6.07 Å². The summed E-state index contributed by atoms with van der Waals surface area (Å²) in [6.45, 7) is 0. The van der Waals surface area contributed by atoms with Crippen LogP contribution >= 0.6 is 0 Å². The minimum absolute atomic E-state index is 0.0208. The number of anilines is 3. The van der Waals surface area contributed by atoms with Gasteiger partial charge in [-0.05, 0) is 0 Å². The Hall–Kier alpha value is -1.50. The van der Waals surface area contributed by atoms with Crippen molar-refractivity contribution < 1.29 is 8.42 Å². The molecule has 0 spiro atoms. The van der Waals surface area contributed by atoms with Gasteiger partial charge in [0.1, 0.15) is 16.5 Å². The van der Waals surface area contributed by atoms with Gasteiger partial charge in [0.15, 0.2) is 9.84 Å². The van der Waals surface area contributed by atoms with Crippen molar-refractivity contribution >= 4 is 27.2 Å². The molecule has 1 heterocycles. The number of hydrogen-bond donors (Lipinski definition) is 3. The lowest BCUT2D eigenvalue weighted by molar-refractivity contribution is 0.602. The van der Waals surface area contributed by atoms with Gasteiger partial charge >= 0.3 is 0 Å². The zero-order chi connectivity index (χ0) is 10.2. The van der Waals surface area contributed by atoms with Gasteiger partial charge in [0.2, 0.25) is 0 Å². The Morgan fingerprint density at radius 2 is 1.85 bits per heavy atom. The van der Waals surface area contributed by atoms with E-state index in [1.807, 2.05) is 0 Å². The summed E-state index contributed by atoms with van der Waals surface area (Å²) in [5.74, 6) is -0.0672. The largest absolute Gasteiger partial charge is 0.397 e. The molecule has 0 aliphatic carbocycles. The Balaban J connectivity index is 3.57. The summed E-state index contributed by atoms with van der Waals surface area (Å²) in [5.41, 5.74) is 16.1. The minimum atomic E-state index is -3.45. The van der Waals surface area contributed by atoms with E-state index in [-0.39, 0.29) is 22.2 Å². The lowest BCUT2D eigenvalue weighted by atomic mass is 10.4. The summed E-state index contributed by atoms with van der Waals surface area (Å²) in [4.78, 5) is 3.43. The molecule has 13 heavy (non-hydrogen) atoms. The van der Waals surface area contributed by atoms with Crippen LogP contribution in [0.1, 0.15) is 0 Å². The summed E-state index contributed by atoms with van der Waals surface area (Å²) in [7, 11) is -3.45. The normalized spacial score (nSPS) is 11.5. The van der Waals surface area contributed by atoms with E-state index in [1.54, 1.807) is 0 Å². The zero-order valence-electron chi connectivity index (χ0n) is 6.98. The third kappa shape index (κ3) is 1.81. The van der Waals surface area contributed by atoms with Crippen molar-refractivity contribution in [3.8, 4) is 0 Å². The monoisotopic (exact) mass is 202 g/mol. The Morgan fingerprint density at radius 3 is 2.23 bits per heavy atom. The van der Waals surface area contributed by atoms with E-state index in [0.717, 1.165) is 6.26 Å². The van der Waals surface area contributed by atoms with Crippen molar-refractivity contribution in [3.63, 3.8) is 0 Å². The van der Waals surface area contributed by atoms with Crippen LogP contribution in [-0.4, -0.2) is 19.7 Å². The van der Waals surface area contributed by atoms with Gasteiger partial charge < -0.3 is 17.2 Å². The molecule has 1 aromatic rings. The molecule has 0 unspecified atom stereocenters. The third-order valence-corrected chi connectivity index (χ3v) is 2.60. The van der Waals surface area contributed by atoms with Crippen LogP contribution in [0.5, 0.6) is 0 Å². The number of nitrogen functional groups attached to an aromatic ring is 3. The SMILES string of the molecule is CS(=O)(=O)c1c(N)cc(N)nc1N. The van der Waals surface area contributed by atoms with E-state index in [4.69, 9.17) is 17.2 Å². The predicted molar refractivity (Wildman–Crippen MR) is 50.6 cm³/mol. The Morgan fingerprint density at radius 1 is 1.31 bits per heavy atom. The van der Waals surface area contributed by atoms with Gasteiger partial charge in [-0.3, -0.25) is 0 Å². The van der Waals surface area contributed by atoms with E-state index in [2.05, 4.69) is 4.98 Å². The number of nitrogens with zero attached hydrogens (tertiary/aromatic N) is 1. The molecule has 0 bridgehead atoms. The smallest absolute Gasteiger partial charge is 0.181 e. The van der Waals surface area contributed by atoms with Crippen LogP contribution in [0.25, 0.3) is 0 Å². The fourth-order valence-electron chi connectivity index (χ4n) is 0.999. The lowest BCUT2D eigenvalue weighted by Gasteiger charge is -2.06. The van der Waals surface area contributed by atoms with Crippen molar-refractivity contribution in [1.82, 2.24) is 4.98 Å². The molecule has 0 aliphatic heterocycles. The minimum Gasteiger partial charge on any atom is -0.397 e. The first kappa shape index (κ1) is 9.59. The molecule has 0 amide bonds. The van der Waals surface area contributed by atoms with Crippen LogP contribution in [-0.2, 0) is 9.84 Å². The van der Waals surface area contributed by atoms with Crippen molar-refractivity contribution in [2.45, 2.75) is 4.90 Å². The van der Waals surface area contributed by atoms with Crippen LogP contribution < -0.4 is 17.2 Å². The number of sulfone groups is 1. The zero-order valence-corrected chi connectivity index (χ0v) is 7.80. The van der Waals surface area contributed by atoms with Gasteiger partial charge in [0, 0.05) is 12.3 Å². The lowest BCUT2D eigenvalue weighted by Crippen LogP contribution is -2.09. The van der Waals surface area contributed by atoms with E-state index in [9.17, 15) is 8.42 Å². The molecule has 0 saturated carbocycles. The number of nitrogens with two attached hydrogens (primary N) is 3. The molecule has 72 valence electrons. The molecule has 0 aromatic carbocycles. The molecule has 0 aliphatic rings. The maximum atomic E-state index is 11.1. The fourth-order valence-corrected chi connectivity index (χ4v) is 1.91. The molecule has 0 fully saturated rings. The van der Waals surface area contributed by atoms with E-state index >= 15 is 0 Å². The molecule has 1 rings (SSSR count). The van der Waals surface area contributed by atoms with Gasteiger partial charge in [-0.1, -0.05) is 0 Å². The van der Waals surface area contributed by atoms with Gasteiger partial charge in [0.25, 0.3) is 0 Å². The first-order valence-corrected chi connectivity index (χ1v) is 5.23. The molecule has 0 atom stereocenters. The summed E-state index contributed by atoms with van der Waals surface area (Å²) >= 11 is 0. The highest BCUT2D eigenvalue weighted by atomic mass is 32.2. The van der Waals surface area contributed by atoms with Crippen LogP contribution in [0.2, 0.25) is 0 Å². The van der Waals surface area contributed by atoms with Crippen LogP contribution in [0, 0.1) is 0 Å². The molecular formula is C6H10N4O2S. The average molecular weight is 202 g/mol. The highest BCUT2D eigenvalue weighted by Crippen LogP contribution is 2.24. The fraction of sp³-hybridized carbons (Fsp3) is 0.167. The summed E-state index contributed by atoms with van der Waals surface area (Å²) in [5, 5.41) is 0. The summed E-state index contributed by atoms with van der Waals surface area (Å²) in [6.07, 6.45) is 1.01. The van der Waals surface area contributed by atoms with E-state index in [1.165, 1.54) is 6.07 Å². The van der Waals surface area contributed by atoms with Gasteiger partial charge in [-0.15, -0.1) is 0 Å². The predicted octanol–water partition coefficient (Wildman–Crippen LogP) is -0.768. The second-order valence-electron chi connectivity index (χ2n) is 2.62. The van der Waals surface area contributed by atoms with Crippen LogP contribution in [0.4, 0.5) is 17.3 Å². The maximum Gasteiger partial charge on any atom is 0.181 e. The van der Waals surface area contributed by atoms with Gasteiger partial charge in [-0.2, -0.15) is 0 Å². The topological polar surface area (TPSA) is 125 Å². The van der Waals surface area contributed by atoms with Crippen molar-refractivity contribution in [1.29, 1.82) is 0 Å². The van der Waals surface area contributed by atoms with Crippen molar-refractivity contribution in [2.75, 3.05) is 23.5 Å². The maximum absolute atomic E-state index is 11.1. The molecular weight excluding hydrogens is 192 g/mol. The third-order valence-electron chi connectivity index (χ3n) is 1.42.